The van der Waals surface area contributed by atoms with E-state index in [0.29, 0.717) is 67.8 Å². The van der Waals surface area contributed by atoms with Crippen molar-refractivity contribution < 1.29 is 80.6 Å². The fraction of sp³-hybridized carbons (Fsp3) is 0.366. The summed E-state index contributed by atoms with van der Waals surface area (Å²) in [6.45, 7) is 11.7. The largest absolute Gasteiger partial charge is 0.493 e. The molecule has 0 aliphatic carbocycles. The molecule has 8 aliphatic rings. The number of aliphatic imine (C=N–C) groups is 4. The molecule has 8 atom stereocenters. The summed E-state index contributed by atoms with van der Waals surface area (Å²) in [4.78, 5) is 84.7. The molecule has 0 spiro atoms. The molecule has 8 N–H and O–H groups in total. The SMILES string of the molecule is CN1C(N)=N[C@]2(C)c3cc(CC(=O)c4ccc(F)cn4)ccc3OCC[C@@H]2S1(=O)=O.CN1C(N)=N[C@]2(C)c3cc(CC(=O)c4ncc(Cl)cc4F)ccc3OCC[C@@H]2S1(=O)=O.Cc1ccc(C(=O)Cc2ccc3c(c2)[C@@]2(C)N=C(N)N(C)S(=O)(=O)[C@H]2CCO3)nc1.Cc1ccc(C(=O)Cc2ccc3c(c2)[C@@]2(C)N=C(N)N(C)S(=O)(=O)[C@H]2CCO3)nc1. The average molecular weight is 1760 g/mol. The van der Waals surface area contributed by atoms with E-state index < -0.39 is 101 Å². The fourth-order valence-electron chi connectivity index (χ4n) is 16.1. The molecule has 39 heteroatoms. The van der Waals surface area contributed by atoms with E-state index in [1.807, 2.05) is 38.1 Å². The van der Waals surface area contributed by atoms with Crippen molar-refractivity contribution in [3.63, 3.8) is 0 Å². The van der Waals surface area contributed by atoms with Gasteiger partial charge in [0.1, 0.15) is 94.7 Å². The van der Waals surface area contributed by atoms with Gasteiger partial charge in [-0.25, -0.2) is 84.6 Å². The maximum Gasteiger partial charge on any atom is 0.242 e. The minimum absolute atomic E-state index is 0.0124. The molecule has 32 nitrogen and oxygen atoms in total. The number of benzene rings is 4. The summed E-state index contributed by atoms with van der Waals surface area (Å²) in [5.74, 6) is -0.654. The van der Waals surface area contributed by atoms with Crippen LogP contribution in [0.4, 0.5) is 8.78 Å². The molecular formula is C82H89ClF2N16O16S4. The Morgan fingerprint density at radius 1 is 0.397 bits per heavy atom. The highest BCUT2D eigenvalue weighted by Gasteiger charge is 2.57. The number of aromatic nitrogens is 4. The summed E-state index contributed by atoms with van der Waals surface area (Å²) >= 11 is 5.70. The van der Waals surface area contributed by atoms with Gasteiger partial charge >= 0.3 is 0 Å². The number of carbonyl (C=O) groups is 4. The molecule has 0 saturated carbocycles. The van der Waals surface area contributed by atoms with Gasteiger partial charge < -0.3 is 41.9 Å². The molecule has 4 aromatic heterocycles. The summed E-state index contributed by atoms with van der Waals surface area (Å²) in [7, 11) is -9.34. The Bertz CT molecular complexity index is 5700. The summed E-state index contributed by atoms with van der Waals surface area (Å²) in [5.41, 5.74) is 26.7. The average Bonchev–Trinajstić information content (AvgIpc) is 1.73. The van der Waals surface area contributed by atoms with E-state index in [9.17, 15) is 61.6 Å². The molecule has 8 aliphatic heterocycles. The molecule has 121 heavy (non-hydrogen) atoms. The minimum Gasteiger partial charge on any atom is -0.493 e. The smallest absolute Gasteiger partial charge is 0.242 e. The first kappa shape index (κ1) is 87.2. The number of rotatable bonds is 12. The fourth-order valence-corrected chi connectivity index (χ4v) is 23.6. The van der Waals surface area contributed by atoms with Gasteiger partial charge in [-0.1, -0.05) is 48.0 Å². The van der Waals surface area contributed by atoms with Crippen LogP contribution >= 0.6 is 11.6 Å². The first-order chi connectivity index (χ1) is 56.9. The van der Waals surface area contributed by atoms with Crippen molar-refractivity contribution in [2.24, 2.45) is 42.9 Å². The van der Waals surface area contributed by atoms with Gasteiger partial charge in [-0.2, -0.15) is 0 Å². The summed E-state index contributed by atoms with van der Waals surface area (Å²) < 4.78 is 159. The highest BCUT2D eigenvalue weighted by atomic mass is 35.5. The van der Waals surface area contributed by atoms with Crippen molar-refractivity contribution in [2.75, 3.05) is 54.6 Å². The van der Waals surface area contributed by atoms with E-state index in [4.69, 9.17) is 53.5 Å². The number of hydrogen-bond donors (Lipinski definition) is 4. The zero-order chi connectivity index (χ0) is 87.6. The van der Waals surface area contributed by atoms with Crippen LogP contribution in [0.2, 0.25) is 5.02 Å². The van der Waals surface area contributed by atoms with Gasteiger partial charge in [-0.05, 0) is 154 Å². The number of Topliss-reactive ketones (excluding diaryl/α,β-unsaturated/α-hetero) is 4. The molecule has 638 valence electrons. The maximum absolute atomic E-state index is 14.1. The number of ether oxygens (including phenoxy) is 4. The van der Waals surface area contributed by atoms with Crippen molar-refractivity contribution in [1.82, 2.24) is 37.2 Å². The second-order valence-electron chi connectivity index (χ2n) is 31.0. The Morgan fingerprint density at radius 3 is 0.926 bits per heavy atom. The van der Waals surface area contributed by atoms with E-state index >= 15 is 0 Å². The predicted octanol–water partition coefficient (Wildman–Crippen LogP) is 7.40. The monoisotopic (exact) mass is 1750 g/mol. The lowest BCUT2D eigenvalue weighted by Crippen LogP contribution is -2.56. The van der Waals surface area contributed by atoms with Gasteiger partial charge in [-0.15, -0.1) is 0 Å². The normalized spacial score (nSPS) is 24.6. The Morgan fingerprint density at radius 2 is 0.669 bits per heavy atom. The molecule has 16 rings (SSSR count). The number of guanidine groups is 4. The molecular weight excluding hydrogens is 1670 g/mol. The first-order valence-corrected chi connectivity index (χ1v) is 44.6. The first-order valence-electron chi connectivity index (χ1n) is 38.2. The van der Waals surface area contributed by atoms with Gasteiger partial charge in [0, 0.05) is 120 Å². The lowest BCUT2D eigenvalue weighted by molar-refractivity contribution is 0.0976. The third-order valence-electron chi connectivity index (χ3n) is 23.0. The third-order valence-corrected chi connectivity index (χ3v) is 32.7. The molecule has 0 bridgehead atoms. The Kier molecular flexibility index (Phi) is 23.8. The van der Waals surface area contributed by atoms with Gasteiger partial charge in [0.15, 0.2) is 29.0 Å². The third kappa shape index (κ3) is 16.7. The van der Waals surface area contributed by atoms with Crippen LogP contribution in [0.15, 0.2) is 160 Å². The van der Waals surface area contributed by atoms with Gasteiger partial charge in [0.25, 0.3) is 0 Å². The van der Waals surface area contributed by atoms with Crippen LogP contribution in [-0.2, 0) is 87.9 Å². The Balaban J connectivity index is 0.000000139. The Hall–Kier alpha value is -11.6. The van der Waals surface area contributed by atoms with Crippen LogP contribution in [0.5, 0.6) is 23.0 Å². The number of fused-ring (bicyclic) bond motifs is 12. The second-order valence-corrected chi connectivity index (χ2v) is 40.1. The quantitative estimate of drug-likeness (QED) is 0.0865. The van der Waals surface area contributed by atoms with Crippen molar-refractivity contribution in [3.05, 3.63) is 235 Å². The number of halogens is 3. The zero-order valence-electron chi connectivity index (χ0n) is 67.5. The van der Waals surface area contributed by atoms with Crippen LogP contribution in [0, 0.1) is 25.5 Å². The lowest BCUT2D eigenvalue weighted by atomic mass is 9.85. The standard InChI is InChI=1S/2C21H24N4O4S.C20H20ClFN4O4S.C20H21FN4O4S/c2*1-13-4-6-16(23-12-13)17(26)11-14-5-7-18-15(10-14)21(2)19(8-9-29-18)30(27,28)25(3)20(22)24-21;1-20-13-7-11(8-15(27)18-14(22)9-12(21)10-24-18)3-4-16(13)30-6-5-17(20)31(28,29)26(2)19(23)25-20;1-20-14-9-12(10-16(26)15-5-4-13(21)11-23-15)3-6-17(14)29-8-7-18(20)30(27,28)25(2)19(22)24-20/h2*4-7,10,12,19H,8-9,11H2,1-3H3,(H2,22,24);3-4,7,9-10,17H,5-6,8H2,1-2H3,(H2,23,25);3-6,9,11,18H,7-8,10H2,1-2H3,(H2,22,24)/t2*19-,21+;17-,20+;18-,20+/m0000/s1. The van der Waals surface area contributed by atoms with E-state index in [0.717, 1.165) is 51.7 Å². The number of aryl methyl sites for hydroxylation is 2. The number of pyridine rings is 4. The molecule has 8 aromatic rings. The van der Waals surface area contributed by atoms with Crippen molar-refractivity contribution in [2.45, 2.75) is 136 Å². The number of carbonyl (C=O) groups excluding carboxylic acids is 4. The molecule has 12 heterocycles. The minimum atomic E-state index is -3.77. The second kappa shape index (κ2) is 33.1. The number of nitrogens with two attached hydrogens (primary N) is 4. The van der Waals surface area contributed by atoms with Gasteiger partial charge in [-0.3, -0.25) is 34.1 Å². The molecule has 0 fully saturated rings. The van der Waals surface area contributed by atoms with Crippen LogP contribution in [0.25, 0.3) is 0 Å². The molecule has 0 unspecified atom stereocenters. The summed E-state index contributed by atoms with van der Waals surface area (Å²) in [6.07, 6.45) is 6.70. The van der Waals surface area contributed by atoms with Crippen LogP contribution in [-0.4, -0.2) is 193 Å². The topological polar surface area (TPSA) is 460 Å². The number of nitrogens with zero attached hydrogens (tertiary/aromatic N) is 12. The molecule has 0 amide bonds. The van der Waals surface area contributed by atoms with E-state index in [1.54, 1.807) is 113 Å². The number of sulfonamides is 4. The zero-order valence-corrected chi connectivity index (χ0v) is 71.6. The predicted molar refractivity (Wildman–Crippen MR) is 447 cm³/mol. The molecule has 0 radical (unpaired) electrons. The van der Waals surface area contributed by atoms with Gasteiger partial charge in [0.2, 0.25) is 63.9 Å². The van der Waals surface area contributed by atoms with Gasteiger partial charge in [0.05, 0.1) is 37.6 Å². The van der Waals surface area contributed by atoms with Crippen molar-refractivity contribution >= 4 is 98.7 Å². The lowest BCUT2D eigenvalue weighted by Gasteiger charge is -2.40. The van der Waals surface area contributed by atoms with Crippen molar-refractivity contribution in [1.29, 1.82) is 0 Å². The van der Waals surface area contributed by atoms with Crippen LogP contribution in [0.1, 0.15) is 151 Å². The van der Waals surface area contributed by atoms with E-state index in [2.05, 4.69) is 39.9 Å². The molecule has 4 aromatic carbocycles. The highest BCUT2D eigenvalue weighted by Crippen LogP contribution is 2.50. The van der Waals surface area contributed by atoms with Crippen molar-refractivity contribution in [3.8, 4) is 23.0 Å². The molecule has 0 saturated heterocycles. The van der Waals surface area contributed by atoms with Crippen LogP contribution < -0.4 is 41.9 Å². The summed E-state index contributed by atoms with van der Waals surface area (Å²) in [5, 5.41) is -3.27. The van der Waals surface area contributed by atoms with Crippen LogP contribution in [0.3, 0.4) is 0 Å². The maximum atomic E-state index is 14.1. The number of ketones is 4. The summed E-state index contributed by atoms with van der Waals surface area (Å²) in [6, 6.07) is 31.6. The number of hydrogen-bond acceptors (Lipinski definition) is 28. The highest BCUT2D eigenvalue weighted by molar-refractivity contribution is 7.91. The van der Waals surface area contributed by atoms with E-state index in [-0.39, 0.29) is 135 Å². The van der Waals surface area contributed by atoms with E-state index in [1.165, 1.54) is 46.5 Å². The Labute approximate surface area is 703 Å².